The lowest BCUT2D eigenvalue weighted by atomic mass is 10.2. The van der Waals surface area contributed by atoms with Crippen molar-refractivity contribution in [3.8, 4) is 12.3 Å². The lowest BCUT2D eigenvalue weighted by Crippen LogP contribution is -2.24. The zero-order chi connectivity index (χ0) is 16.2. The van der Waals surface area contributed by atoms with Crippen LogP contribution in [0.15, 0.2) is 29.2 Å². The van der Waals surface area contributed by atoms with Crippen LogP contribution in [0.5, 0.6) is 0 Å². The van der Waals surface area contributed by atoms with Crippen LogP contribution in [0.1, 0.15) is 15.4 Å². The first-order valence-electron chi connectivity index (χ1n) is 6.07. The summed E-state index contributed by atoms with van der Waals surface area (Å²) in [5.41, 5.74) is 0.309. The quantitative estimate of drug-likeness (QED) is 0.794. The van der Waals surface area contributed by atoms with Gasteiger partial charge in [-0.05, 0) is 31.2 Å². The van der Waals surface area contributed by atoms with Crippen molar-refractivity contribution in [1.82, 2.24) is 14.9 Å². The second-order valence-corrected chi connectivity index (χ2v) is 7.08. The molecular weight excluding hydrogens is 324 g/mol. The van der Waals surface area contributed by atoms with Crippen LogP contribution in [-0.2, 0) is 10.0 Å². The minimum Gasteiger partial charge on any atom is -0.296 e. The average Bonchev–Trinajstić information content (AvgIpc) is 2.90. The fraction of sp³-hybridized carbons (Fsp3) is 0.154. The van der Waals surface area contributed by atoms with Gasteiger partial charge in [-0.25, -0.2) is 8.42 Å². The highest BCUT2D eigenvalue weighted by atomic mass is 32.2. The van der Waals surface area contributed by atoms with Gasteiger partial charge in [-0.2, -0.15) is 4.72 Å². The highest BCUT2D eigenvalue weighted by Gasteiger charge is 2.14. The molecule has 9 heteroatoms. The number of amides is 1. The molecule has 0 unspecified atom stereocenters. The van der Waals surface area contributed by atoms with Crippen LogP contribution < -0.4 is 10.0 Å². The Morgan fingerprint density at radius 3 is 2.55 bits per heavy atom. The van der Waals surface area contributed by atoms with Crippen LogP contribution in [-0.4, -0.2) is 31.1 Å². The number of carbonyl (C=O) groups excluding carboxylic acids is 1. The smallest absolute Gasteiger partial charge is 0.257 e. The maximum absolute atomic E-state index is 12.0. The van der Waals surface area contributed by atoms with E-state index in [4.69, 9.17) is 6.42 Å². The van der Waals surface area contributed by atoms with E-state index < -0.39 is 15.9 Å². The number of hydrogen-bond acceptors (Lipinski definition) is 6. The number of rotatable bonds is 5. The number of anilines is 1. The zero-order valence-electron chi connectivity index (χ0n) is 11.5. The summed E-state index contributed by atoms with van der Waals surface area (Å²) in [6.45, 7) is 1.68. The standard InChI is InChI=1S/C13H12N4O3S2/c1-3-8-14-22(19,20)11-6-4-10(5-7-11)12(18)15-13-17-16-9(2)21-13/h1,4-7,14H,8H2,2H3,(H,15,17,18). The third-order valence-electron chi connectivity index (χ3n) is 2.54. The molecule has 2 aromatic rings. The predicted molar refractivity (Wildman–Crippen MR) is 83.1 cm³/mol. The Hall–Kier alpha value is -2.28. The van der Waals surface area contributed by atoms with Gasteiger partial charge >= 0.3 is 0 Å². The largest absolute Gasteiger partial charge is 0.296 e. The van der Waals surface area contributed by atoms with E-state index in [2.05, 4.69) is 26.2 Å². The lowest BCUT2D eigenvalue weighted by molar-refractivity contribution is 0.102. The Labute approximate surface area is 131 Å². The SMILES string of the molecule is C#CCNS(=O)(=O)c1ccc(C(=O)Nc2nnc(C)s2)cc1. The van der Waals surface area contributed by atoms with Crippen molar-refractivity contribution in [2.75, 3.05) is 11.9 Å². The maximum Gasteiger partial charge on any atom is 0.257 e. The molecule has 0 aliphatic carbocycles. The molecule has 0 atom stereocenters. The van der Waals surface area contributed by atoms with E-state index in [9.17, 15) is 13.2 Å². The van der Waals surface area contributed by atoms with E-state index in [1.807, 2.05) is 0 Å². The van der Waals surface area contributed by atoms with E-state index in [0.717, 1.165) is 5.01 Å². The van der Waals surface area contributed by atoms with Gasteiger partial charge in [-0.3, -0.25) is 10.1 Å². The molecule has 114 valence electrons. The molecular formula is C13H12N4O3S2. The summed E-state index contributed by atoms with van der Waals surface area (Å²) in [6.07, 6.45) is 5.01. The average molecular weight is 336 g/mol. The van der Waals surface area contributed by atoms with Crippen LogP contribution in [0.25, 0.3) is 0 Å². The molecule has 0 fully saturated rings. The minimum absolute atomic E-state index is 0.0334. The van der Waals surface area contributed by atoms with Crippen molar-refractivity contribution in [1.29, 1.82) is 0 Å². The van der Waals surface area contributed by atoms with Crippen LogP contribution in [0.3, 0.4) is 0 Å². The van der Waals surface area contributed by atoms with Gasteiger partial charge < -0.3 is 0 Å². The fourth-order valence-corrected chi connectivity index (χ4v) is 3.04. The number of nitrogens with zero attached hydrogens (tertiary/aromatic N) is 2. The molecule has 1 aromatic heterocycles. The molecule has 0 spiro atoms. The first kappa shape index (κ1) is 16.1. The van der Waals surface area contributed by atoms with Gasteiger partial charge in [0.25, 0.3) is 5.91 Å². The van der Waals surface area contributed by atoms with Crippen LogP contribution in [0.4, 0.5) is 5.13 Å². The van der Waals surface area contributed by atoms with Gasteiger partial charge in [0.1, 0.15) is 5.01 Å². The first-order valence-corrected chi connectivity index (χ1v) is 8.37. The van der Waals surface area contributed by atoms with E-state index in [-0.39, 0.29) is 11.4 Å². The molecule has 1 amide bonds. The predicted octanol–water partition coefficient (Wildman–Crippen LogP) is 1.01. The number of carbonyl (C=O) groups is 1. The van der Waals surface area contributed by atoms with Gasteiger partial charge in [0.15, 0.2) is 0 Å². The van der Waals surface area contributed by atoms with E-state index >= 15 is 0 Å². The summed E-state index contributed by atoms with van der Waals surface area (Å²) in [5, 5.41) is 11.3. The van der Waals surface area contributed by atoms with Gasteiger partial charge in [0.2, 0.25) is 15.2 Å². The Bertz CT molecular complexity index is 820. The number of terminal acetylenes is 1. The van der Waals surface area contributed by atoms with Crippen molar-refractivity contribution in [2.24, 2.45) is 0 Å². The summed E-state index contributed by atoms with van der Waals surface area (Å²) in [5.74, 6) is 1.79. The summed E-state index contributed by atoms with van der Waals surface area (Å²) < 4.78 is 25.9. The molecule has 0 saturated heterocycles. The minimum atomic E-state index is -3.66. The molecule has 2 N–H and O–H groups in total. The van der Waals surface area contributed by atoms with Gasteiger partial charge in [0, 0.05) is 5.56 Å². The van der Waals surface area contributed by atoms with Gasteiger partial charge in [-0.1, -0.05) is 17.3 Å². The number of sulfonamides is 1. The molecule has 0 saturated carbocycles. The summed E-state index contributed by atoms with van der Waals surface area (Å²) in [6, 6.07) is 5.49. The third kappa shape index (κ3) is 3.88. The molecule has 0 radical (unpaired) electrons. The number of benzene rings is 1. The van der Waals surface area contributed by atoms with Crippen LogP contribution in [0, 0.1) is 19.3 Å². The number of hydrogen-bond donors (Lipinski definition) is 2. The Balaban J connectivity index is 2.11. The molecule has 0 aliphatic heterocycles. The highest BCUT2D eigenvalue weighted by Crippen LogP contribution is 2.16. The number of aromatic nitrogens is 2. The fourth-order valence-electron chi connectivity index (χ4n) is 1.52. The lowest BCUT2D eigenvalue weighted by Gasteiger charge is -2.05. The number of aryl methyl sites for hydroxylation is 1. The first-order chi connectivity index (χ1) is 10.4. The van der Waals surface area contributed by atoms with Gasteiger partial charge in [0.05, 0.1) is 11.4 Å². The molecule has 2 rings (SSSR count). The van der Waals surface area contributed by atoms with Crippen LogP contribution >= 0.6 is 11.3 Å². The topological polar surface area (TPSA) is 101 Å². The van der Waals surface area contributed by atoms with E-state index in [1.165, 1.54) is 35.6 Å². The summed E-state index contributed by atoms with van der Waals surface area (Å²) in [4.78, 5) is 12.0. The second-order valence-electron chi connectivity index (χ2n) is 4.13. The molecule has 0 bridgehead atoms. The van der Waals surface area contributed by atoms with Crippen molar-refractivity contribution in [2.45, 2.75) is 11.8 Å². The molecule has 1 heterocycles. The van der Waals surface area contributed by atoms with Gasteiger partial charge in [-0.15, -0.1) is 16.6 Å². The summed E-state index contributed by atoms with van der Waals surface area (Å²) >= 11 is 1.25. The second kappa shape index (κ2) is 6.65. The van der Waals surface area contributed by atoms with Crippen molar-refractivity contribution >= 4 is 32.4 Å². The summed E-state index contributed by atoms with van der Waals surface area (Å²) in [7, 11) is -3.66. The van der Waals surface area contributed by atoms with E-state index in [1.54, 1.807) is 6.92 Å². The maximum atomic E-state index is 12.0. The van der Waals surface area contributed by atoms with Crippen molar-refractivity contribution in [3.05, 3.63) is 34.8 Å². The third-order valence-corrected chi connectivity index (χ3v) is 4.71. The van der Waals surface area contributed by atoms with Crippen molar-refractivity contribution < 1.29 is 13.2 Å². The molecule has 1 aromatic carbocycles. The van der Waals surface area contributed by atoms with Crippen LogP contribution in [0.2, 0.25) is 0 Å². The monoisotopic (exact) mass is 336 g/mol. The zero-order valence-corrected chi connectivity index (χ0v) is 13.2. The van der Waals surface area contributed by atoms with Crippen molar-refractivity contribution in [3.63, 3.8) is 0 Å². The van der Waals surface area contributed by atoms with E-state index in [0.29, 0.717) is 10.7 Å². The Kier molecular flexibility index (Phi) is 4.87. The molecule has 7 nitrogen and oxygen atoms in total. The normalized spacial score (nSPS) is 10.9. The molecule has 0 aliphatic rings. The highest BCUT2D eigenvalue weighted by molar-refractivity contribution is 7.89. The Morgan fingerprint density at radius 1 is 1.32 bits per heavy atom. The Morgan fingerprint density at radius 2 is 2.00 bits per heavy atom. The number of nitrogens with one attached hydrogen (secondary N) is 2. The molecule has 22 heavy (non-hydrogen) atoms.